The zero-order valence-electron chi connectivity index (χ0n) is 14.7. The third-order valence-electron chi connectivity index (χ3n) is 4.01. The fourth-order valence-electron chi connectivity index (χ4n) is 2.48. The van der Waals surface area contributed by atoms with Crippen molar-refractivity contribution in [3.05, 3.63) is 94.3 Å². The van der Waals surface area contributed by atoms with Gasteiger partial charge in [-0.05, 0) is 48.4 Å². The summed E-state index contributed by atoms with van der Waals surface area (Å²) in [6, 6.07) is 17.7. The zero-order valence-corrected chi connectivity index (χ0v) is 15.5. The van der Waals surface area contributed by atoms with Crippen molar-refractivity contribution in [2.24, 2.45) is 0 Å². The number of aryl methyl sites for hydroxylation is 1. The third kappa shape index (κ3) is 4.92. The first-order valence-corrected chi connectivity index (χ1v) is 8.76. The minimum atomic E-state index is -0.364. The van der Waals surface area contributed by atoms with Crippen molar-refractivity contribution in [2.75, 3.05) is 5.32 Å². The number of rotatable bonds is 5. The zero-order chi connectivity index (χ0) is 19.2. The Labute approximate surface area is 162 Å². The van der Waals surface area contributed by atoms with Gasteiger partial charge in [-0.25, -0.2) is 0 Å². The second-order valence-corrected chi connectivity index (χ2v) is 6.44. The molecule has 0 spiro atoms. The van der Waals surface area contributed by atoms with E-state index in [0.717, 1.165) is 11.1 Å². The molecule has 1 aromatic heterocycles. The molecule has 0 saturated carbocycles. The molecule has 2 amide bonds. The van der Waals surface area contributed by atoms with E-state index < -0.39 is 0 Å². The number of anilines is 1. The van der Waals surface area contributed by atoms with Crippen molar-refractivity contribution < 1.29 is 9.59 Å². The van der Waals surface area contributed by atoms with Crippen molar-refractivity contribution in [1.82, 2.24) is 10.3 Å². The van der Waals surface area contributed by atoms with Crippen molar-refractivity contribution in [3.8, 4) is 0 Å². The monoisotopic (exact) mass is 379 g/mol. The van der Waals surface area contributed by atoms with E-state index in [1.165, 1.54) is 12.3 Å². The minimum Gasteiger partial charge on any atom is -0.348 e. The highest BCUT2D eigenvalue weighted by Gasteiger charge is 2.13. The molecule has 2 aromatic carbocycles. The molecule has 0 radical (unpaired) electrons. The molecule has 0 aliphatic heterocycles. The summed E-state index contributed by atoms with van der Waals surface area (Å²) in [5, 5.41) is 6.27. The number of hydrogen-bond acceptors (Lipinski definition) is 3. The van der Waals surface area contributed by atoms with Crippen LogP contribution in [0.2, 0.25) is 5.02 Å². The molecule has 136 valence electrons. The van der Waals surface area contributed by atoms with Crippen LogP contribution in [0.5, 0.6) is 0 Å². The Bertz CT molecular complexity index is 971. The van der Waals surface area contributed by atoms with E-state index in [0.29, 0.717) is 22.8 Å². The second kappa shape index (κ2) is 8.47. The van der Waals surface area contributed by atoms with Gasteiger partial charge in [-0.15, -0.1) is 0 Å². The van der Waals surface area contributed by atoms with E-state index in [1.807, 2.05) is 43.3 Å². The largest absolute Gasteiger partial charge is 0.348 e. The lowest BCUT2D eigenvalue weighted by Crippen LogP contribution is -2.23. The first kappa shape index (κ1) is 18.6. The highest BCUT2D eigenvalue weighted by molar-refractivity contribution is 6.30. The van der Waals surface area contributed by atoms with Crippen LogP contribution in [0, 0.1) is 6.92 Å². The summed E-state index contributed by atoms with van der Waals surface area (Å²) in [7, 11) is 0. The van der Waals surface area contributed by atoms with Crippen molar-refractivity contribution in [3.63, 3.8) is 0 Å². The van der Waals surface area contributed by atoms with Gasteiger partial charge in [-0.2, -0.15) is 0 Å². The molecular formula is C21H18ClN3O2. The van der Waals surface area contributed by atoms with Gasteiger partial charge in [0.2, 0.25) is 0 Å². The Morgan fingerprint density at radius 2 is 1.74 bits per heavy atom. The molecule has 0 aliphatic carbocycles. The van der Waals surface area contributed by atoms with Gasteiger partial charge < -0.3 is 10.6 Å². The van der Waals surface area contributed by atoms with Crippen LogP contribution in [0.25, 0.3) is 0 Å². The summed E-state index contributed by atoms with van der Waals surface area (Å²) in [6.07, 6.45) is 1.45. The maximum atomic E-state index is 12.4. The minimum absolute atomic E-state index is 0.178. The smallest absolute Gasteiger partial charge is 0.274 e. The number of amides is 2. The molecule has 5 nitrogen and oxygen atoms in total. The number of pyridine rings is 1. The van der Waals surface area contributed by atoms with Gasteiger partial charge in [0, 0.05) is 29.0 Å². The lowest BCUT2D eigenvalue weighted by Gasteiger charge is -2.09. The Morgan fingerprint density at radius 1 is 1.00 bits per heavy atom. The van der Waals surface area contributed by atoms with Crippen LogP contribution in [-0.2, 0) is 6.54 Å². The molecule has 6 heteroatoms. The number of benzene rings is 2. The van der Waals surface area contributed by atoms with Crippen LogP contribution in [0.1, 0.15) is 32.0 Å². The summed E-state index contributed by atoms with van der Waals surface area (Å²) in [5.74, 6) is -0.644. The summed E-state index contributed by atoms with van der Waals surface area (Å²) in [4.78, 5) is 28.9. The predicted octanol–water partition coefficient (Wildman–Crippen LogP) is 4.23. The molecule has 2 N–H and O–H groups in total. The van der Waals surface area contributed by atoms with E-state index in [1.54, 1.807) is 18.2 Å². The van der Waals surface area contributed by atoms with Gasteiger partial charge in [0.15, 0.2) is 0 Å². The molecule has 3 aromatic rings. The maximum Gasteiger partial charge on any atom is 0.274 e. The average Bonchev–Trinajstić information content (AvgIpc) is 2.69. The molecule has 3 rings (SSSR count). The van der Waals surface area contributed by atoms with Crippen molar-refractivity contribution in [2.45, 2.75) is 13.5 Å². The Morgan fingerprint density at radius 3 is 2.48 bits per heavy atom. The molecule has 0 atom stereocenters. The Balaban J connectivity index is 1.67. The molecule has 27 heavy (non-hydrogen) atoms. The van der Waals surface area contributed by atoms with Gasteiger partial charge in [0.25, 0.3) is 11.8 Å². The first-order chi connectivity index (χ1) is 13.0. The molecular weight excluding hydrogens is 362 g/mol. The second-order valence-electron chi connectivity index (χ2n) is 6.01. The maximum absolute atomic E-state index is 12.4. The number of halogens is 1. The van der Waals surface area contributed by atoms with Crippen LogP contribution < -0.4 is 10.6 Å². The average molecular weight is 380 g/mol. The number of carbonyl (C=O) groups is 2. The summed E-state index contributed by atoms with van der Waals surface area (Å²) in [6.45, 7) is 2.27. The number of carbonyl (C=O) groups excluding carboxylic acids is 2. The molecule has 0 fully saturated rings. The molecule has 0 bridgehead atoms. The summed E-state index contributed by atoms with van der Waals surface area (Å²) in [5.41, 5.74) is 3.13. The van der Waals surface area contributed by atoms with E-state index in [4.69, 9.17) is 11.6 Å². The SMILES string of the molecule is Cc1ccccc1NC(=O)c1cc(C(=O)NCc2ccc(Cl)cc2)ccn1. The van der Waals surface area contributed by atoms with Gasteiger partial charge in [0.1, 0.15) is 5.69 Å². The van der Waals surface area contributed by atoms with Gasteiger partial charge in [-0.3, -0.25) is 14.6 Å². The quantitative estimate of drug-likeness (QED) is 0.697. The Hall–Kier alpha value is -3.18. The fraction of sp³-hybridized carbons (Fsp3) is 0.0952. The molecule has 0 saturated heterocycles. The standard InChI is InChI=1S/C21H18ClN3O2/c1-14-4-2-3-5-18(14)25-21(27)19-12-16(10-11-23-19)20(26)24-13-15-6-8-17(22)9-7-15/h2-12H,13H2,1H3,(H,24,26)(H,25,27). The highest BCUT2D eigenvalue weighted by Crippen LogP contribution is 2.15. The van der Waals surface area contributed by atoms with E-state index in [-0.39, 0.29) is 17.5 Å². The van der Waals surface area contributed by atoms with Crippen LogP contribution in [0.4, 0.5) is 5.69 Å². The number of nitrogens with zero attached hydrogens (tertiary/aromatic N) is 1. The van der Waals surface area contributed by atoms with Crippen LogP contribution >= 0.6 is 11.6 Å². The number of para-hydroxylation sites is 1. The molecule has 0 unspecified atom stereocenters. The van der Waals surface area contributed by atoms with Crippen LogP contribution in [0.15, 0.2) is 66.9 Å². The number of hydrogen-bond donors (Lipinski definition) is 2. The van der Waals surface area contributed by atoms with E-state index >= 15 is 0 Å². The van der Waals surface area contributed by atoms with Crippen LogP contribution in [0.3, 0.4) is 0 Å². The lowest BCUT2D eigenvalue weighted by molar-refractivity contribution is 0.0951. The first-order valence-electron chi connectivity index (χ1n) is 8.38. The topological polar surface area (TPSA) is 71.1 Å². The molecule has 1 heterocycles. The third-order valence-corrected chi connectivity index (χ3v) is 4.27. The van der Waals surface area contributed by atoms with Gasteiger partial charge in [0.05, 0.1) is 0 Å². The predicted molar refractivity (Wildman–Crippen MR) is 106 cm³/mol. The number of aromatic nitrogens is 1. The van der Waals surface area contributed by atoms with Crippen molar-refractivity contribution >= 4 is 29.1 Å². The van der Waals surface area contributed by atoms with E-state index in [2.05, 4.69) is 15.6 Å². The molecule has 0 aliphatic rings. The highest BCUT2D eigenvalue weighted by atomic mass is 35.5. The van der Waals surface area contributed by atoms with Crippen LogP contribution in [-0.4, -0.2) is 16.8 Å². The van der Waals surface area contributed by atoms with Gasteiger partial charge in [-0.1, -0.05) is 41.9 Å². The number of nitrogens with one attached hydrogen (secondary N) is 2. The Kier molecular flexibility index (Phi) is 5.84. The normalized spacial score (nSPS) is 10.3. The van der Waals surface area contributed by atoms with E-state index in [9.17, 15) is 9.59 Å². The fourth-order valence-corrected chi connectivity index (χ4v) is 2.61. The lowest BCUT2D eigenvalue weighted by atomic mass is 10.1. The summed E-state index contributed by atoms with van der Waals surface area (Å²) < 4.78 is 0. The van der Waals surface area contributed by atoms with Crippen molar-refractivity contribution in [1.29, 1.82) is 0 Å². The van der Waals surface area contributed by atoms with Gasteiger partial charge >= 0.3 is 0 Å². The summed E-state index contributed by atoms with van der Waals surface area (Å²) >= 11 is 5.85.